The van der Waals surface area contributed by atoms with Gasteiger partial charge in [0.1, 0.15) is 17.4 Å². The maximum Gasteiger partial charge on any atom is 0.187 e. The molecule has 6 heteroatoms. The number of ketones is 1. The standard InChI is InChI=1S/C24H22FN2O3/c1-29-23-9-7-19(13-24(23)30-2)22(28)8-6-18-10-11-27(16-20(18)14-26)15-17-4-3-5-21(25)12-17/h3-5,7,9-13,16H,6,8,15H2,1-2H3/q+1. The number of Topliss-reactive ketones (excluding diaryl/α,β-unsaturated/α-hetero) is 1. The fourth-order valence-corrected chi connectivity index (χ4v) is 3.23. The molecule has 0 spiro atoms. The Morgan fingerprint density at radius 2 is 1.90 bits per heavy atom. The summed E-state index contributed by atoms with van der Waals surface area (Å²) in [4.78, 5) is 12.6. The van der Waals surface area contributed by atoms with E-state index in [1.165, 1.54) is 19.2 Å². The first-order valence-corrected chi connectivity index (χ1v) is 9.45. The smallest absolute Gasteiger partial charge is 0.187 e. The molecule has 0 saturated heterocycles. The Bertz CT molecular complexity index is 1110. The first-order valence-electron chi connectivity index (χ1n) is 9.45. The Morgan fingerprint density at radius 3 is 2.60 bits per heavy atom. The average Bonchev–Trinajstić information content (AvgIpc) is 2.77. The quantitative estimate of drug-likeness (QED) is 0.422. The number of nitrogens with zero attached hydrogens (tertiary/aromatic N) is 2. The summed E-state index contributed by atoms with van der Waals surface area (Å²) < 4.78 is 25.6. The van der Waals surface area contributed by atoms with Crippen LogP contribution in [0.3, 0.4) is 0 Å². The molecule has 0 fully saturated rings. The van der Waals surface area contributed by atoms with Crippen molar-refractivity contribution in [1.82, 2.24) is 0 Å². The number of carbonyl (C=O) groups is 1. The number of aryl methyl sites for hydroxylation is 1. The Balaban J connectivity index is 1.71. The average molecular weight is 405 g/mol. The van der Waals surface area contributed by atoms with Crippen LogP contribution in [0.5, 0.6) is 11.5 Å². The Labute approximate surface area is 174 Å². The van der Waals surface area contributed by atoms with Crippen LogP contribution >= 0.6 is 0 Å². The summed E-state index contributed by atoms with van der Waals surface area (Å²) in [5.41, 5.74) is 2.62. The summed E-state index contributed by atoms with van der Waals surface area (Å²) in [6.07, 6.45) is 4.26. The van der Waals surface area contributed by atoms with Crippen LogP contribution in [-0.4, -0.2) is 20.0 Å². The number of hydrogen-bond acceptors (Lipinski definition) is 4. The molecule has 0 aliphatic rings. The molecule has 0 aliphatic heterocycles. The van der Waals surface area contributed by atoms with E-state index in [0.717, 1.165) is 11.1 Å². The molecule has 0 unspecified atom stereocenters. The number of hydrogen-bond donors (Lipinski definition) is 0. The molecule has 0 radical (unpaired) electrons. The van der Waals surface area contributed by atoms with E-state index in [1.807, 2.05) is 22.9 Å². The normalized spacial score (nSPS) is 10.3. The molecule has 0 N–H and O–H groups in total. The summed E-state index contributed by atoms with van der Waals surface area (Å²) in [5.74, 6) is 0.723. The zero-order valence-corrected chi connectivity index (χ0v) is 16.9. The van der Waals surface area contributed by atoms with E-state index in [-0.39, 0.29) is 18.0 Å². The predicted octanol–water partition coefficient (Wildman–Crippen LogP) is 3.87. The fourth-order valence-electron chi connectivity index (χ4n) is 3.23. The number of rotatable bonds is 8. The molecule has 0 saturated carbocycles. The first-order chi connectivity index (χ1) is 14.5. The molecule has 0 bridgehead atoms. The SMILES string of the molecule is COc1ccc(C(=O)CCc2cc[n+](Cc3cccc(F)c3)cc2C#N)cc1OC. The van der Waals surface area contributed by atoms with Crippen LogP contribution in [0.2, 0.25) is 0 Å². The van der Waals surface area contributed by atoms with Crippen molar-refractivity contribution in [2.75, 3.05) is 14.2 Å². The van der Waals surface area contributed by atoms with Crippen LogP contribution < -0.4 is 14.0 Å². The third-order valence-electron chi connectivity index (χ3n) is 4.81. The third kappa shape index (κ3) is 5.00. The van der Waals surface area contributed by atoms with Gasteiger partial charge in [0, 0.05) is 23.6 Å². The van der Waals surface area contributed by atoms with Crippen LogP contribution in [0.1, 0.15) is 33.5 Å². The highest BCUT2D eigenvalue weighted by atomic mass is 19.1. The first kappa shape index (κ1) is 21.0. The van der Waals surface area contributed by atoms with Crippen molar-refractivity contribution in [3.8, 4) is 17.6 Å². The van der Waals surface area contributed by atoms with Gasteiger partial charge in [-0.05, 0) is 42.3 Å². The predicted molar refractivity (Wildman–Crippen MR) is 109 cm³/mol. The van der Waals surface area contributed by atoms with Crippen LogP contribution in [0.15, 0.2) is 60.9 Å². The zero-order chi connectivity index (χ0) is 21.5. The molecule has 1 aromatic heterocycles. The lowest BCUT2D eigenvalue weighted by atomic mass is 10.0. The van der Waals surface area contributed by atoms with Gasteiger partial charge in [-0.15, -0.1) is 0 Å². The molecule has 2 aromatic carbocycles. The van der Waals surface area contributed by atoms with Crippen LogP contribution in [0.4, 0.5) is 4.39 Å². The molecule has 5 nitrogen and oxygen atoms in total. The lowest BCUT2D eigenvalue weighted by molar-refractivity contribution is -0.688. The lowest BCUT2D eigenvalue weighted by Crippen LogP contribution is -2.34. The van der Waals surface area contributed by atoms with E-state index in [1.54, 1.807) is 37.6 Å². The number of benzene rings is 2. The summed E-state index contributed by atoms with van der Waals surface area (Å²) in [5, 5.41) is 9.52. The van der Waals surface area contributed by atoms with Gasteiger partial charge in [0.2, 0.25) is 0 Å². The van der Waals surface area contributed by atoms with E-state index in [9.17, 15) is 14.4 Å². The minimum Gasteiger partial charge on any atom is -0.493 e. The molecule has 152 valence electrons. The van der Waals surface area contributed by atoms with Crippen LogP contribution in [0, 0.1) is 17.1 Å². The van der Waals surface area contributed by atoms with Gasteiger partial charge in [0.15, 0.2) is 36.2 Å². The molecule has 0 amide bonds. The number of pyridine rings is 1. The van der Waals surface area contributed by atoms with Gasteiger partial charge in [0.05, 0.1) is 14.2 Å². The van der Waals surface area contributed by atoms with Crippen molar-refractivity contribution in [3.05, 3.63) is 89.0 Å². The molecule has 0 atom stereocenters. The molecule has 3 aromatic rings. The summed E-state index contributed by atoms with van der Waals surface area (Å²) in [6.45, 7) is 0.456. The highest BCUT2D eigenvalue weighted by Gasteiger charge is 2.14. The molecule has 0 aliphatic carbocycles. The van der Waals surface area contributed by atoms with Gasteiger partial charge < -0.3 is 9.47 Å². The molecule has 30 heavy (non-hydrogen) atoms. The highest BCUT2D eigenvalue weighted by Crippen LogP contribution is 2.28. The Morgan fingerprint density at radius 1 is 1.10 bits per heavy atom. The van der Waals surface area contributed by atoms with Gasteiger partial charge in [-0.3, -0.25) is 4.79 Å². The highest BCUT2D eigenvalue weighted by molar-refractivity contribution is 5.96. The largest absolute Gasteiger partial charge is 0.493 e. The minimum atomic E-state index is -0.293. The summed E-state index contributed by atoms with van der Waals surface area (Å²) >= 11 is 0. The Kier molecular flexibility index (Phi) is 6.76. The van der Waals surface area contributed by atoms with Gasteiger partial charge >= 0.3 is 0 Å². The Hall–Kier alpha value is -3.72. The molecular formula is C24H22FN2O3+. The maximum absolute atomic E-state index is 13.4. The number of ether oxygens (including phenoxy) is 2. The monoisotopic (exact) mass is 405 g/mol. The maximum atomic E-state index is 13.4. The van der Waals surface area contributed by atoms with E-state index < -0.39 is 0 Å². The third-order valence-corrected chi connectivity index (χ3v) is 4.81. The van der Waals surface area contributed by atoms with E-state index in [0.29, 0.717) is 35.6 Å². The van der Waals surface area contributed by atoms with E-state index in [2.05, 4.69) is 6.07 Å². The topological polar surface area (TPSA) is 63.2 Å². The number of carbonyl (C=O) groups excluding carboxylic acids is 1. The second-order valence-corrected chi connectivity index (χ2v) is 6.79. The summed E-state index contributed by atoms with van der Waals surface area (Å²) in [7, 11) is 3.06. The zero-order valence-electron chi connectivity index (χ0n) is 16.9. The molecular weight excluding hydrogens is 383 g/mol. The number of methoxy groups -OCH3 is 2. The van der Waals surface area contributed by atoms with E-state index >= 15 is 0 Å². The number of nitriles is 1. The second kappa shape index (κ2) is 9.66. The van der Waals surface area contributed by atoms with Crippen molar-refractivity contribution in [3.63, 3.8) is 0 Å². The van der Waals surface area contributed by atoms with Crippen LogP contribution in [0.25, 0.3) is 0 Å². The molecule has 3 rings (SSSR count). The van der Waals surface area contributed by atoms with Crippen molar-refractivity contribution in [1.29, 1.82) is 5.26 Å². The number of aromatic nitrogens is 1. The van der Waals surface area contributed by atoms with Gasteiger partial charge in [-0.25, -0.2) is 4.39 Å². The van der Waals surface area contributed by atoms with Crippen molar-refractivity contribution in [2.24, 2.45) is 0 Å². The van der Waals surface area contributed by atoms with Crippen molar-refractivity contribution in [2.45, 2.75) is 19.4 Å². The minimum absolute atomic E-state index is 0.0451. The second-order valence-electron chi connectivity index (χ2n) is 6.79. The van der Waals surface area contributed by atoms with E-state index in [4.69, 9.17) is 9.47 Å². The van der Waals surface area contributed by atoms with Gasteiger partial charge in [0.25, 0.3) is 0 Å². The van der Waals surface area contributed by atoms with Crippen molar-refractivity contribution >= 4 is 5.78 Å². The van der Waals surface area contributed by atoms with Crippen LogP contribution in [-0.2, 0) is 13.0 Å². The number of halogens is 1. The van der Waals surface area contributed by atoms with Gasteiger partial charge in [-0.1, -0.05) is 12.1 Å². The lowest BCUT2D eigenvalue weighted by Gasteiger charge is -2.09. The van der Waals surface area contributed by atoms with Crippen molar-refractivity contribution < 1.29 is 23.2 Å². The summed E-state index contributed by atoms with van der Waals surface area (Å²) in [6, 6.07) is 15.4. The fraction of sp³-hybridized carbons (Fsp3) is 0.208. The van der Waals surface area contributed by atoms with Gasteiger partial charge in [-0.2, -0.15) is 9.83 Å². The molecule has 1 heterocycles.